The van der Waals surface area contributed by atoms with Gasteiger partial charge < -0.3 is 15.6 Å². The zero-order valence-electron chi connectivity index (χ0n) is 15.2. The summed E-state index contributed by atoms with van der Waals surface area (Å²) in [5.74, 6) is -0.0842. The van der Waals surface area contributed by atoms with Crippen LogP contribution in [0.5, 0.6) is 0 Å². The van der Waals surface area contributed by atoms with E-state index in [2.05, 4.69) is 36.5 Å². The van der Waals surface area contributed by atoms with Crippen LogP contribution < -0.4 is 10.6 Å². The average molecular weight is 455 g/mol. The van der Waals surface area contributed by atoms with Gasteiger partial charge >= 0.3 is 0 Å². The molecule has 5 nitrogen and oxygen atoms in total. The van der Waals surface area contributed by atoms with Crippen molar-refractivity contribution in [2.24, 2.45) is 0 Å². The van der Waals surface area contributed by atoms with Crippen molar-refractivity contribution >= 4 is 44.2 Å². The molecule has 0 bridgehead atoms. The minimum Gasteiger partial charge on any atom is -0.345 e. The Balaban J connectivity index is 1.61. The molecule has 0 aliphatic rings. The van der Waals surface area contributed by atoms with Crippen molar-refractivity contribution in [2.75, 3.05) is 13.6 Å². The Bertz CT molecular complexity index is 1110. The number of hydrogen-bond donors (Lipinski definition) is 3. The maximum Gasteiger partial charge on any atom is 0.261 e. The van der Waals surface area contributed by atoms with E-state index in [-0.39, 0.29) is 11.9 Å². The molecule has 1 aromatic carbocycles. The number of pyridine rings is 1. The van der Waals surface area contributed by atoms with Crippen LogP contribution in [0.3, 0.4) is 0 Å². The zero-order valence-corrected chi connectivity index (χ0v) is 17.6. The summed E-state index contributed by atoms with van der Waals surface area (Å²) in [6.45, 7) is 0.656. The molecule has 4 aromatic rings. The predicted molar refractivity (Wildman–Crippen MR) is 118 cm³/mol. The number of nitrogens with one attached hydrogen (secondary N) is 3. The fourth-order valence-electron chi connectivity index (χ4n) is 3.18. The molecule has 1 amide bonds. The second kappa shape index (κ2) is 8.26. The minimum atomic E-state index is -0.0969. The van der Waals surface area contributed by atoms with Crippen molar-refractivity contribution in [1.29, 1.82) is 0 Å². The van der Waals surface area contributed by atoms with E-state index >= 15 is 0 Å². The number of aromatic nitrogens is 2. The minimum absolute atomic E-state index is 0.0842. The lowest BCUT2D eigenvalue weighted by Gasteiger charge is -2.18. The van der Waals surface area contributed by atoms with Gasteiger partial charge in [0.2, 0.25) is 0 Å². The first-order valence-corrected chi connectivity index (χ1v) is 10.5. The van der Waals surface area contributed by atoms with Crippen molar-refractivity contribution in [2.45, 2.75) is 6.04 Å². The van der Waals surface area contributed by atoms with Crippen LogP contribution in [-0.2, 0) is 0 Å². The molecule has 3 aromatic heterocycles. The van der Waals surface area contributed by atoms with Crippen molar-refractivity contribution in [3.05, 3.63) is 75.8 Å². The van der Waals surface area contributed by atoms with Gasteiger partial charge in [-0.25, -0.2) is 4.98 Å². The molecular weight excluding hydrogens is 436 g/mol. The third-order valence-corrected chi connectivity index (χ3v) is 6.58. The van der Waals surface area contributed by atoms with E-state index < -0.39 is 0 Å². The van der Waals surface area contributed by atoms with Crippen LogP contribution in [0.15, 0.2) is 65.4 Å². The standard InChI is InChI=1S/C21H19BrN4OS/c1-23-12-17(13-6-3-2-4-7-13)26-21(27)18-10-16(22)19(28-18)15-11-25-20-14(15)8-5-9-24-20/h2-11,17,23H,12H2,1H3,(H,24,25)(H,26,27). The monoisotopic (exact) mass is 454 g/mol. The summed E-state index contributed by atoms with van der Waals surface area (Å²) < 4.78 is 0.900. The fourth-order valence-corrected chi connectivity index (χ4v) is 5.00. The maximum atomic E-state index is 12.9. The number of halogens is 1. The highest BCUT2D eigenvalue weighted by Gasteiger charge is 2.20. The number of likely N-dealkylation sites (N-methyl/N-ethyl adjacent to an activating group) is 1. The third kappa shape index (κ3) is 3.73. The van der Waals surface area contributed by atoms with E-state index in [1.807, 2.05) is 61.8 Å². The van der Waals surface area contributed by atoms with E-state index in [1.54, 1.807) is 6.20 Å². The highest BCUT2D eigenvalue weighted by atomic mass is 79.9. The summed E-state index contributed by atoms with van der Waals surface area (Å²) in [7, 11) is 1.88. The molecule has 0 saturated heterocycles. The molecule has 0 fully saturated rings. The van der Waals surface area contributed by atoms with Gasteiger partial charge in [0.25, 0.3) is 5.91 Å². The van der Waals surface area contributed by atoms with Gasteiger partial charge in [-0.3, -0.25) is 4.79 Å². The SMILES string of the molecule is CNCC(NC(=O)c1cc(Br)c(-c2c[nH]c3ncccc23)s1)c1ccccc1. The normalized spacial score (nSPS) is 12.2. The van der Waals surface area contributed by atoms with E-state index in [0.29, 0.717) is 11.4 Å². The molecule has 0 aliphatic carbocycles. The van der Waals surface area contributed by atoms with Gasteiger partial charge in [-0.1, -0.05) is 30.3 Å². The highest BCUT2D eigenvalue weighted by Crippen LogP contribution is 2.39. The molecule has 1 atom stereocenters. The summed E-state index contributed by atoms with van der Waals surface area (Å²) in [5, 5.41) is 7.33. The van der Waals surface area contributed by atoms with Gasteiger partial charge in [0.15, 0.2) is 0 Å². The number of amides is 1. The Kier molecular flexibility index (Phi) is 5.57. The molecule has 0 aliphatic heterocycles. The summed E-state index contributed by atoms with van der Waals surface area (Å²) in [6, 6.07) is 15.7. The van der Waals surface area contributed by atoms with E-state index in [4.69, 9.17) is 0 Å². The number of aromatic amines is 1. The number of H-pyrrole nitrogens is 1. The predicted octanol–water partition coefficient (Wildman–Crippen LogP) is 4.74. The van der Waals surface area contributed by atoms with Gasteiger partial charge in [0.05, 0.1) is 15.8 Å². The van der Waals surface area contributed by atoms with E-state index in [9.17, 15) is 4.79 Å². The highest BCUT2D eigenvalue weighted by molar-refractivity contribution is 9.10. The number of carbonyl (C=O) groups is 1. The molecule has 1 unspecified atom stereocenters. The summed E-state index contributed by atoms with van der Waals surface area (Å²) >= 11 is 5.09. The van der Waals surface area contributed by atoms with Crippen LogP contribution >= 0.6 is 27.3 Å². The number of carbonyl (C=O) groups excluding carboxylic acids is 1. The first-order valence-electron chi connectivity index (χ1n) is 8.89. The quantitative estimate of drug-likeness (QED) is 0.393. The van der Waals surface area contributed by atoms with Crippen LogP contribution in [0.4, 0.5) is 0 Å². The van der Waals surface area contributed by atoms with Crippen LogP contribution in [0.2, 0.25) is 0 Å². The Morgan fingerprint density at radius 2 is 2.07 bits per heavy atom. The molecule has 0 spiro atoms. The summed E-state index contributed by atoms with van der Waals surface area (Å²) in [5.41, 5.74) is 2.94. The fraction of sp³-hybridized carbons (Fsp3) is 0.143. The van der Waals surface area contributed by atoms with Gasteiger partial charge in [0, 0.05) is 34.4 Å². The van der Waals surface area contributed by atoms with Gasteiger partial charge in [-0.05, 0) is 46.7 Å². The van der Waals surface area contributed by atoms with Gasteiger partial charge in [0.1, 0.15) is 5.65 Å². The number of thiophene rings is 1. The van der Waals surface area contributed by atoms with Crippen molar-refractivity contribution in [3.63, 3.8) is 0 Å². The largest absolute Gasteiger partial charge is 0.345 e. The summed E-state index contributed by atoms with van der Waals surface area (Å²) in [6.07, 6.45) is 3.69. The molecule has 4 rings (SSSR count). The Morgan fingerprint density at radius 1 is 1.25 bits per heavy atom. The number of benzene rings is 1. The smallest absolute Gasteiger partial charge is 0.261 e. The molecule has 142 valence electrons. The van der Waals surface area contributed by atoms with Gasteiger partial charge in [-0.2, -0.15) is 0 Å². The van der Waals surface area contributed by atoms with E-state index in [0.717, 1.165) is 31.5 Å². The first-order chi connectivity index (χ1) is 13.7. The molecule has 7 heteroatoms. The topological polar surface area (TPSA) is 69.8 Å². The summed E-state index contributed by atoms with van der Waals surface area (Å²) in [4.78, 5) is 22.1. The Hall–Kier alpha value is -2.48. The third-order valence-electron chi connectivity index (χ3n) is 4.52. The maximum absolute atomic E-state index is 12.9. The average Bonchev–Trinajstić information content (AvgIpc) is 3.31. The second-order valence-electron chi connectivity index (χ2n) is 6.38. The van der Waals surface area contributed by atoms with Crippen LogP contribution in [-0.4, -0.2) is 29.5 Å². The second-order valence-corrected chi connectivity index (χ2v) is 8.29. The van der Waals surface area contributed by atoms with Crippen LogP contribution in [0.25, 0.3) is 21.5 Å². The number of nitrogens with zero attached hydrogens (tertiary/aromatic N) is 1. The van der Waals surface area contributed by atoms with Crippen molar-refractivity contribution in [3.8, 4) is 10.4 Å². The zero-order chi connectivity index (χ0) is 19.5. The van der Waals surface area contributed by atoms with Crippen LogP contribution in [0.1, 0.15) is 21.3 Å². The molecule has 0 radical (unpaired) electrons. The number of rotatable bonds is 6. The Morgan fingerprint density at radius 3 is 2.86 bits per heavy atom. The molecule has 0 saturated carbocycles. The molecule has 3 N–H and O–H groups in total. The van der Waals surface area contributed by atoms with Crippen molar-refractivity contribution < 1.29 is 4.79 Å². The lowest BCUT2D eigenvalue weighted by atomic mass is 10.1. The molecule has 3 heterocycles. The van der Waals surface area contributed by atoms with Gasteiger partial charge in [-0.15, -0.1) is 11.3 Å². The lowest BCUT2D eigenvalue weighted by Crippen LogP contribution is -2.34. The van der Waals surface area contributed by atoms with Crippen molar-refractivity contribution in [1.82, 2.24) is 20.6 Å². The molecular formula is C21H19BrN4OS. The number of hydrogen-bond acceptors (Lipinski definition) is 4. The number of fused-ring (bicyclic) bond motifs is 1. The van der Waals surface area contributed by atoms with Crippen LogP contribution in [0, 0.1) is 0 Å². The molecule has 28 heavy (non-hydrogen) atoms. The van der Waals surface area contributed by atoms with E-state index in [1.165, 1.54) is 11.3 Å². The lowest BCUT2D eigenvalue weighted by molar-refractivity contribution is 0.0940. The first kappa shape index (κ1) is 18.9. The Labute approximate surface area is 175 Å².